The highest BCUT2D eigenvalue weighted by molar-refractivity contribution is 5.74. The second-order valence-corrected chi connectivity index (χ2v) is 3.98. The molecule has 0 aliphatic carbocycles. The Labute approximate surface area is 115 Å². The van der Waals surface area contributed by atoms with Gasteiger partial charge in [-0.25, -0.2) is 0 Å². The summed E-state index contributed by atoms with van der Waals surface area (Å²) in [6.07, 6.45) is 0. The molecule has 2 aromatic carbocycles. The van der Waals surface area contributed by atoms with E-state index in [4.69, 9.17) is 10.5 Å². The van der Waals surface area contributed by atoms with Gasteiger partial charge < -0.3 is 20.5 Å². The van der Waals surface area contributed by atoms with Crippen molar-refractivity contribution in [1.82, 2.24) is 0 Å². The number of alkyl halides is 2. The first-order valence-corrected chi connectivity index (χ1v) is 5.84. The average Bonchev–Trinajstić information content (AvgIpc) is 2.43. The van der Waals surface area contributed by atoms with Crippen molar-refractivity contribution in [3.05, 3.63) is 42.5 Å². The number of methoxy groups -OCH3 is 1. The van der Waals surface area contributed by atoms with E-state index < -0.39 is 6.61 Å². The third-order valence-corrected chi connectivity index (χ3v) is 2.62. The second-order valence-electron chi connectivity index (χ2n) is 3.98. The molecule has 0 aliphatic rings. The Kier molecular flexibility index (Phi) is 4.24. The first kappa shape index (κ1) is 13.9. The first-order valence-electron chi connectivity index (χ1n) is 5.84. The Bertz CT molecular complexity index is 574. The molecule has 0 atom stereocenters. The summed E-state index contributed by atoms with van der Waals surface area (Å²) in [7, 11) is 1.56. The number of benzene rings is 2. The van der Waals surface area contributed by atoms with Crippen LogP contribution in [0, 0.1) is 0 Å². The molecule has 20 heavy (non-hydrogen) atoms. The molecule has 2 rings (SSSR count). The zero-order valence-corrected chi connectivity index (χ0v) is 10.8. The van der Waals surface area contributed by atoms with E-state index in [-0.39, 0.29) is 5.75 Å². The van der Waals surface area contributed by atoms with Crippen molar-refractivity contribution in [2.75, 3.05) is 18.2 Å². The van der Waals surface area contributed by atoms with Gasteiger partial charge in [-0.1, -0.05) is 0 Å². The quantitative estimate of drug-likeness (QED) is 0.821. The number of ether oxygens (including phenoxy) is 2. The van der Waals surface area contributed by atoms with Crippen LogP contribution in [0.15, 0.2) is 42.5 Å². The summed E-state index contributed by atoms with van der Waals surface area (Å²) >= 11 is 0. The van der Waals surface area contributed by atoms with Crippen LogP contribution in [-0.4, -0.2) is 13.7 Å². The van der Waals surface area contributed by atoms with E-state index in [0.717, 1.165) is 0 Å². The monoisotopic (exact) mass is 280 g/mol. The summed E-state index contributed by atoms with van der Waals surface area (Å²) in [5.41, 5.74) is 7.77. The van der Waals surface area contributed by atoms with Gasteiger partial charge in [-0.05, 0) is 36.4 Å². The number of nitrogens with one attached hydrogen (secondary N) is 1. The number of halogens is 2. The number of hydrogen-bond donors (Lipinski definition) is 2. The zero-order chi connectivity index (χ0) is 14.5. The second kappa shape index (κ2) is 6.10. The van der Waals surface area contributed by atoms with E-state index in [2.05, 4.69) is 10.1 Å². The SMILES string of the molecule is COc1ccc(N)c(Nc2ccc(OC(F)F)cc2)c1. The number of nitrogens with two attached hydrogens (primary N) is 1. The summed E-state index contributed by atoms with van der Waals surface area (Å²) in [4.78, 5) is 0. The summed E-state index contributed by atoms with van der Waals surface area (Å²) < 4.78 is 33.5. The predicted octanol–water partition coefficient (Wildman–Crippen LogP) is 3.62. The van der Waals surface area contributed by atoms with Gasteiger partial charge in [0.1, 0.15) is 11.5 Å². The van der Waals surface area contributed by atoms with Crippen molar-refractivity contribution in [3.8, 4) is 11.5 Å². The fraction of sp³-hybridized carbons (Fsp3) is 0.143. The Balaban J connectivity index is 2.13. The van der Waals surface area contributed by atoms with Gasteiger partial charge in [0.05, 0.1) is 18.5 Å². The third-order valence-electron chi connectivity index (χ3n) is 2.62. The van der Waals surface area contributed by atoms with E-state index in [0.29, 0.717) is 22.8 Å². The zero-order valence-electron chi connectivity index (χ0n) is 10.8. The fourth-order valence-corrected chi connectivity index (χ4v) is 1.65. The van der Waals surface area contributed by atoms with E-state index in [1.165, 1.54) is 12.1 Å². The van der Waals surface area contributed by atoms with Crippen LogP contribution < -0.4 is 20.5 Å². The molecule has 0 radical (unpaired) electrons. The molecule has 0 amide bonds. The fourth-order valence-electron chi connectivity index (χ4n) is 1.65. The molecule has 0 aromatic heterocycles. The standard InChI is InChI=1S/C14H14F2N2O2/c1-19-11-6-7-12(17)13(8-11)18-9-2-4-10(5-3-9)20-14(15)16/h2-8,14,18H,17H2,1H3. The van der Waals surface area contributed by atoms with Crippen LogP contribution in [0.3, 0.4) is 0 Å². The number of hydrogen-bond acceptors (Lipinski definition) is 4. The number of anilines is 3. The molecule has 2 aromatic rings. The minimum atomic E-state index is -2.83. The van der Waals surface area contributed by atoms with Crippen molar-refractivity contribution in [1.29, 1.82) is 0 Å². The predicted molar refractivity (Wildman–Crippen MR) is 73.8 cm³/mol. The molecule has 106 valence electrons. The van der Waals surface area contributed by atoms with Crippen molar-refractivity contribution in [2.24, 2.45) is 0 Å². The summed E-state index contributed by atoms with van der Waals surface area (Å²) in [5, 5.41) is 3.08. The summed E-state index contributed by atoms with van der Waals surface area (Å²) in [6.45, 7) is -2.83. The first-order chi connectivity index (χ1) is 9.58. The van der Waals surface area contributed by atoms with Crippen molar-refractivity contribution < 1.29 is 18.3 Å². The van der Waals surface area contributed by atoms with Crippen LogP contribution in [0.4, 0.5) is 25.8 Å². The molecular weight excluding hydrogens is 266 g/mol. The average molecular weight is 280 g/mol. The van der Waals surface area contributed by atoms with Crippen LogP contribution in [0.1, 0.15) is 0 Å². The molecule has 0 fully saturated rings. The smallest absolute Gasteiger partial charge is 0.387 e. The van der Waals surface area contributed by atoms with E-state index in [1.54, 1.807) is 37.4 Å². The van der Waals surface area contributed by atoms with Gasteiger partial charge in [-0.3, -0.25) is 0 Å². The lowest BCUT2D eigenvalue weighted by Gasteiger charge is -2.11. The van der Waals surface area contributed by atoms with Crippen molar-refractivity contribution >= 4 is 17.1 Å². The van der Waals surface area contributed by atoms with Crippen molar-refractivity contribution in [3.63, 3.8) is 0 Å². The van der Waals surface area contributed by atoms with Gasteiger partial charge in [0.15, 0.2) is 0 Å². The topological polar surface area (TPSA) is 56.5 Å². The van der Waals surface area contributed by atoms with Crippen molar-refractivity contribution in [2.45, 2.75) is 6.61 Å². The van der Waals surface area contributed by atoms with Crippen LogP contribution in [0.2, 0.25) is 0 Å². The number of rotatable bonds is 5. The third kappa shape index (κ3) is 3.50. The normalized spacial score (nSPS) is 10.4. The molecule has 0 spiro atoms. The Morgan fingerprint density at radius 3 is 2.30 bits per heavy atom. The van der Waals surface area contributed by atoms with Gasteiger partial charge in [0, 0.05) is 11.8 Å². The van der Waals surface area contributed by atoms with Gasteiger partial charge in [-0.2, -0.15) is 8.78 Å². The Morgan fingerprint density at radius 2 is 1.70 bits per heavy atom. The van der Waals surface area contributed by atoms with Crippen LogP contribution in [-0.2, 0) is 0 Å². The molecule has 6 heteroatoms. The molecule has 0 heterocycles. The highest BCUT2D eigenvalue weighted by Gasteiger charge is 2.05. The highest BCUT2D eigenvalue weighted by Crippen LogP contribution is 2.28. The van der Waals surface area contributed by atoms with Crippen LogP contribution >= 0.6 is 0 Å². The van der Waals surface area contributed by atoms with Gasteiger partial charge in [-0.15, -0.1) is 0 Å². The minimum Gasteiger partial charge on any atom is -0.497 e. The Morgan fingerprint density at radius 1 is 1.05 bits per heavy atom. The minimum absolute atomic E-state index is 0.101. The summed E-state index contributed by atoms with van der Waals surface area (Å²) in [6, 6.07) is 11.4. The van der Waals surface area contributed by atoms with E-state index >= 15 is 0 Å². The molecule has 0 unspecified atom stereocenters. The lowest BCUT2D eigenvalue weighted by molar-refractivity contribution is -0.0498. The maximum absolute atomic E-state index is 12.0. The highest BCUT2D eigenvalue weighted by atomic mass is 19.3. The van der Waals surface area contributed by atoms with Gasteiger partial charge in [0.2, 0.25) is 0 Å². The molecular formula is C14H14F2N2O2. The lowest BCUT2D eigenvalue weighted by Crippen LogP contribution is -2.02. The van der Waals surface area contributed by atoms with Gasteiger partial charge in [0.25, 0.3) is 0 Å². The maximum Gasteiger partial charge on any atom is 0.387 e. The molecule has 0 saturated heterocycles. The molecule has 4 nitrogen and oxygen atoms in total. The number of nitrogen functional groups attached to an aromatic ring is 1. The Hall–Kier alpha value is -2.50. The molecule has 0 aliphatic heterocycles. The van der Waals surface area contributed by atoms with Crippen LogP contribution in [0.25, 0.3) is 0 Å². The van der Waals surface area contributed by atoms with E-state index in [1.807, 2.05) is 0 Å². The van der Waals surface area contributed by atoms with Crippen LogP contribution in [0.5, 0.6) is 11.5 Å². The molecule has 0 bridgehead atoms. The lowest BCUT2D eigenvalue weighted by atomic mass is 10.2. The van der Waals surface area contributed by atoms with E-state index in [9.17, 15) is 8.78 Å². The molecule has 0 saturated carbocycles. The largest absolute Gasteiger partial charge is 0.497 e. The summed E-state index contributed by atoms with van der Waals surface area (Å²) in [5.74, 6) is 0.767. The molecule has 3 N–H and O–H groups in total. The van der Waals surface area contributed by atoms with Gasteiger partial charge >= 0.3 is 6.61 Å². The maximum atomic E-state index is 12.0.